The number of hydrogen-bond acceptors (Lipinski definition) is 2. The number of anilines is 1. The van der Waals surface area contributed by atoms with E-state index in [0.717, 1.165) is 17.8 Å². The molecule has 0 aliphatic rings. The van der Waals surface area contributed by atoms with Crippen LogP contribution in [-0.4, -0.2) is 10.1 Å². The van der Waals surface area contributed by atoms with Crippen LogP contribution in [0.3, 0.4) is 0 Å². The second-order valence-electron chi connectivity index (χ2n) is 5.91. The average molecular weight is 313 g/mol. The average Bonchev–Trinajstić information content (AvgIpc) is 2.47. The number of hydrogen-bond donors (Lipinski definition) is 2. The molecule has 22 heavy (non-hydrogen) atoms. The molecule has 0 spiro atoms. The zero-order valence-corrected chi connectivity index (χ0v) is 14.2. The number of thiocarbonyl (C=S) groups is 1. The van der Waals surface area contributed by atoms with Crippen LogP contribution in [0.1, 0.15) is 37.4 Å². The van der Waals surface area contributed by atoms with E-state index >= 15 is 0 Å². The Balaban J connectivity index is 2.05. The summed E-state index contributed by atoms with van der Waals surface area (Å²) in [5, 5.41) is 7.18. The summed E-state index contributed by atoms with van der Waals surface area (Å²) in [6.07, 6.45) is 2.80. The maximum Gasteiger partial charge on any atom is 0.172 e. The minimum Gasteiger partial charge on any atom is -0.356 e. The monoisotopic (exact) mass is 313 g/mol. The van der Waals surface area contributed by atoms with Crippen molar-refractivity contribution < 1.29 is 0 Å². The number of nitrogens with one attached hydrogen (secondary N) is 2. The predicted octanol–water partition coefficient (Wildman–Crippen LogP) is 4.46. The Kier molecular flexibility index (Phi) is 5.90. The molecule has 1 heterocycles. The summed E-state index contributed by atoms with van der Waals surface area (Å²) < 4.78 is 0. The first kappa shape index (κ1) is 16.4. The van der Waals surface area contributed by atoms with Crippen LogP contribution >= 0.6 is 12.2 Å². The molecule has 0 saturated carbocycles. The molecule has 0 aliphatic carbocycles. The van der Waals surface area contributed by atoms with E-state index in [0.29, 0.717) is 11.0 Å². The molecule has 0 aliphatic heterocycles. The minimum atomic E-state index is 0.200. The normalized spacial score (nSPS) is 12.0. The summed E-state index contributed by atoms with van der Waals surface area (Å²) in [7, 11) is 0. The molecule has 2 aromatic rings. The van der Waals surface area contributed by atoms with Crippen LogP contribution in [0, 0.1) is 12.8 Å². The van der Waals surface area contributed by atoms with Crippen molar-refractivity contribution >= 4 is 23.1 Å². The summed E-state index contributed by atoms with van der Waals surface area (Å²) in [5.74, 6) is 1.35. The van der Waals surface area contributed by atoms with Crippen LogP contribution in [0.5, 0.6) is 0 Å². The Morgan fingerprint density at radius 3 is 2.55 bits per heavy atom. The van der Waals surface area contributed by atoms with Crippen molar-refractivity contribution in [1.82, 2.24) is 10.3 Å². The molecule has 0 amide bonds. The number of aromatic nitrogens is 1. The first-order valence-corrected chi connectivity index (χ1v) is 8.00. The number of benzene rings is 1. The zero-order valence-electron chi connectivity index (χ0n) is 13.3. The molecule has 1 aromatic carbocycles. The van der Waals surface area contributed by atoms with Gasteiger partial charge in [0.15, 0.2) is 5.11 Å². The molecule has 0 bridgehead atoms. The van der Waals surface area contributed by atoms with Gasteiger partial charge in [-0.05, 0) is 54.7 Å². The first-order valence-electron chi connectivity index (χ1n) is 7.59. The Bertz CT molecular complexity index is 611. The van der Waals surface area contributed by atoms with E-state index in [4.69, 9.17) is 12.2 Å². The fourth-order valence-corrected chi connectivity index (χ4v) is 2.60. The molecule has 1 atom stereocenters. The lowest BCUT2D eigenvalue weighted by molar-refractivity contribution is 0.481. The third-order valence-corrected chi connectivity index (χ3v) is 3.59. The van der Waals surface area contributed by atoms with Crippen LogP contribution in [0.4, 0.5) is 5.82 Å². The Labute approximate surface area is 138 Å². The first-order chi connectivity index (χ1) is 10.5. The van der Waals surface area contributed by atoms with Gasteiger partial charge in [0.1, 0.15) is 5.82 Å². The van der Waals surface area contributed by atoms with Crippen molar-refractivity contribution in [3.05, 3.63) is 59.8 Å². The second kappa shape index (κ2) is 7.90. The molecule has 2 N–H and O–H groups in total. The Morgan fingerprint density at radius 1 is 1.18 bits per heavy atom. The lowest BCUT2D eigenvalue weighted by Gasteiger charge is -2.23. The van der Waals surface area contributed by atoms with E-state index in [9.17, 15) is 0 Å². The van der Waals surface area contributed by atoms with E-state index < -0.39 is 0 Å². The smallest absolute Gasteiger partial charge is 0.172 e. The quantitative estimate of drug-likeness (QED) is 0.799. The number of nitrogens with zero attached hydrogens (tertiary/aromatic N) is 1. The van der Waals surface area contributed by atoms with Gasteiger partial charge in [-0.15, -0.1) is 0 Å². The minimum absolute atomic E-state index is 0.200. The molecule has 0 saturated heterocycles. The molecule has 116 valence electrons. The number of rotatable bonds is 5. The lowest BCUT2D eigenvalue weighted by Crippen LogP contribution is -2.33. The van der Waals surface area contributed by atoms with Gasteiger partial charge < -0.3 is 10.6 Å². The van der Waals surface area contributed by atoms with Gasteiger partial charge >= 0.3 is 0 Å². The van der Waals surface area contributed by atoms with Gasteiger partial charge in [0.2, 0.25) is 0 Å². The van der Waals surface area contributed by atoms with Crippen molar-refractivity contribution in [1.29, 1.82) is 0 Å². The summed E-state index contributed by atoms with van der Waals surface area (Å²) in [4.78, 5) is 4.28. The van der Waals surface area contributed by atoms with Crippen molar-refractivity contribution in [2.75, 3.05) is 5.32 Å². The third kappa shape index (κ3) is 5.11. The molecule has 0 fully saturated rings. The molecule has 4 heteroatoms. The van der Waals surface area contributed by atoms with E-state index in [-0.39, 0.29) is 6.04 Å². The highest BCUT2D eigenvalue weighted by molar-refractivity contribution is 7.80. The van der Waals surface area contributed by atoms with Crippen molar-refractivity contribution in [2.45, 2.75) is 33.2 Å². The molecular weight excluding hydrogens is 290 g/mol. The predicted molar refractivity (Wildman–Crippen MR) is 97.0 cm³/mol. The van der Waals surface area contributed by atoms with Gasteiger partial charge in [-0.2, -0.15) is 0 Å². The van der Waals surface area contributed by atoms with Gasteiger partial charge in [-0.3, -0.25) is 0 Å². The highest BCUT2D eigenvalue weighted by Crippen LogP contribution is 2.21. The van der Waals surface area contributed by atoms with E-state index in [1.54, 1.807) is 6.20 Å². The van der Waals surface area contributed by atoms with Crippen molar-refractivity contribution in [3.8, 4) is 0 Å². The summed E-state index contributed by atoms with van der Waals surface area (Å²) in [6.45, 7) is 6.47. The van der Waals surface area contributed by atoms with E-state index in [1.165, 1.54) is 5.56 Å². The van der Waals surface area contributed by atoms with Gasteiger partial charge in [-0.1, -0.05) is 44.2 Å². The summed E-state index contributed by atoms with van der Waals surface area (Å²) >= 11 is 5.45. The lowest BCUT2D eigenvalue weighted by atomic mass is 9.97. The second-order valence-corrected chi connectivity index (χ2v) is 6.32. The molecule has 2 rings (SSSR count). The molecule has 0 radical (unpaired) electrons. The SMILES string of the molecule is Cc1ccnc(NC(=S)N[C@@H](CC(C)C)c2ccccc2)c1. The Morgan fingerprint density at radius 2 is 1.91 bits per heavy atom. The third-order valence-electron chi connectivity index (χ3n) is 3.37. The highest BCUT2D eigenvalue weighted by Gasteiger charge is 2.14. The summed E-state index contributed by atoms with van der Waals surface area (Å²) in [6, 6.07) is 14.6. The maximum absolute atomic E-state index is 5.45. The van der Waals surface area contributed by atoms with Crippen molar-refractivity contribution in [3.63, 3.8) is 0 Å². The highest BCUT2D eigenvalue weighted by atomic mass is 32.1. The fourth-order valence-electron chi connectivity index (χ4n) is 2.35. The number of aryl methyl sites for hydroxylation is 1. The van der Waals surface area contributed by atoms with Gasteiger partial charge in [0.05, 0.1) is 6.04 Å². The topological polar surface area (TPSA) is 37.0 Å². The van der Waals surface area contributed by atoms with Crippen LogP contribution in [0.2, 0.25) is 0 Å². The van der Waals surface area contributed by atoms with Gasteiger partial charge in [-0.25, -0.2) is 4.98 Å². The largest absolute Gasteiger partial charge is 0.356 e. The molecule has 3 nitrogen and oxygen atoms in total. The maximum atomic E-state index is 5.45. The van der Waals surface area contributed by atoms with Gasteiger partial charge in [0.25, 0.3) is 0 Å². The molecule has 0 unspecified atom stereocenters. The van der Waals surface area contributed by atoms with E-state index in [2.05, 4.69) is 53.7 Å². The standard InChI is InChI=1S/C18H23N3S/c1-13(2)11-16(15-7-5-4-6-8-15)20-18(22)21-17-12-14(3)9-10-19-17/h4-10,12-13,16H,11H2,1-3H3,(H2,19,20,21,22)/t16-/m0/s1. The van der Waals surface area contributed by atoms with Crippen LogP contribution < -0.4 is 10.6 Å². The van der Waals surface area contributed by atoms with Gasteiger partial charge in [0, 0.05) is 6.20 Å². The van der Waals surface area contributed by atoms with E-state index in [1.807, 2.05) is 25.1 Å². The zero-order chi connectivity index (χ0) is 15.9. The summed E-state index contributed by atoms with van der Waals surface area (Å²) in [5.41, 5.74) is 2.40. The van der Waals surface area contributed by atoms with Crippen LogP contribution in [0.25, 0.3) is 0 Å². The Hall–Kier alpha value is -1.94. The molecule has 1 aromatic heterocycles. The molecular formula is C18H23N3S. The van der Waals surface area contributed by atoms with Crippen molar-refractivity contribution in [2.24, 2.45) is 5.92 Å². The van der Waals surface area contributed by atoms with Crippen LogP contribution in [-0.2, 0) is 0 Å². The van der Waals surface area contributed by atoms with Crippen LogP contribution in [0.15, 0.2) is 48.7 Å². The fraction of sp³-hybridized carbons (Fsp3) is 0.333. The number of pyridine rings is 1.